The molecule has 5 heavy (non-hydrogen) atoms. The van der Waals surface area contributed by atoms with Crippen molar-refractivity contribution in [1.29, 1.82) is 0 Å². The van der Waals surface area contributed by atoms with Crippen LogP contribution in [0, 0.1) is 0 Å². The topological polar surface area (TPSA) is 0 Å². The molecule has 5 radical (unpaired) electrons. The first kappa shape index (κ1) is 9.52. The second-order valence-electron chi connectivity index (χ2n) is 0.385. The van der Waals surface area contributed by atoms with Crippen LogP contribution in [0.5, 0.6) is 0 Å². The summed E-state index contributed by atoms with van der Waals surface area (Å²) in [6.45, 7) is 1.69. The Kier molecular flexibility index (Phi) is 17.1. The van der Waals surface area contributed by atoms with Gasteiger partial charge in [0.1, 0.15) is 0 Å². The quantitative estimate of drug-likeness (QED) is 0.220. The van der Waals surface area contributed by atoms with Gasteiger partial charge < -0.3 is 16.0 Å². The fourth-order valence-corrected chi connectivity index (χ4v) is 0. The summed E-state index contributed by atoms with van der Waals surface area (Å²) >= 11 is 0. The van der Waals surface area contributed by atoms with Gasteiger partial charge in [0.2, 0.25) is 0 Å². The molecule has 0 aromatic rings. The predicted molar refractivity (Wildman–Crippen MR) is 27.0 cm³/mol. The molecule has 0 aliphatic carbocycles. The smallest absolute Gasteiger partial charge is 0.386 e. The molecule has 17 valence electrons. The summed E-state index contributed by atoms with van der Waals surface area (Å²) < 4.78 is 0. The monoisotopic (exact) mass is 73.0 g/mol. The molecule has 0 aliphatic rings. The molecule has 0 amide bonds. The second-order valence-corrected chi connectivity index (χ2v) is 0.770. The fourth-order valence-electron chi connectivity index (χ4n) is 0. The van der Waals surface area contributed by atoms with Gasteiger partial charge in [-0.3, -0.25) is 0 Å². The molecule has 0 nitrogen and oxygen atoms in total. The fraction of sp³-hybridized carbons (Fsp3) is 0. The Hall–Kier alpha value is 1.22. The van der Waals surface area contributed by atoms with Crippen molar-refractivity contribution in [2.24, 2.45) is 0 Å². The number of rotatable bonds is 1. The Morgan fingerprint density at radius 3 is 2.00 bits per heavy atom. The zero-order valence-corrected chi connectivity index (χ0v) is 4.46. The van der Waals surface area contributed by atoms with Gasteiger partial charge in [0.15, 0.2) is 0 Å². The molecule has 0 bridgehead atoms. The molecule has 0 heterocycles. The zero-order chi connectivity index (χ0) is 3.41. The van der Waals surface area contributed by atoms with Crippen molar-refractivity contribution < 1.29 is 18.9 Å². The van der Waals surface area contributed by atoms with Gasteiger partial charge in [0, 0.05) is 0 Å². The van der Waals surface area contributed by atoms with E-state index in [4.69, 9.17) is 7.74 Å². The van der Waals surface area contributed by atoms with Gasteiger partial charge in [-0.05, 0) is 7.74 Å². The van der Waals surface area contributed by atoms with Crippen LogP contribution in [0.2, 0.25) is 0 Å². The van der Waals surface area contributed by atoms with Crippen LogP contribution in [-0.2, 0) is 0 Å². The summed E-state index contributed by atoms with van der Waals surface area (Å²) in [5.41, 5.74) is 0. The van der Waals surface area contributed by atoms with Crippen LogP contribution in [0.3, 0.4) is 0 Å². The Balaban J connectivity index is 0. The Labute approximate surface area is 50.1 Å². The Morgan fingerprint density at radius 2 is 2.00 bits per heavy atom. The van der Waals surface area contributed by atoms with Crippen molar-refractivity contribution in [3.8, 4) is 0 Å². The molecule has 5 heteroatoms. The van der Waals surface area contributed by atoms with Crippen LogP contribution in [0.4, 0.5) is 0 Å². The van der Waals surface area contributed by atoms with E-state index in [0.717, 1.165) is 0 Å². The Bertz CT molecular complexity index is 8.85. The van der Waals surface area contributed by atoms with E-state index in [0.29, 0.717) is 0 Å². The van der Waals surface area contributed by atoms with Crippen LogP contribution in [-0.4, -0.2) is 21.7 Å². The standard InChI is InChI=1S/B3H2P.Li/c1-2-3-4;/h4H2;/q-1;+1. The van der Waals surface area contributed by atoms with Crippen molar-refractivity contribution in [3.63, 3.8) is 0 Å². The minimum Gasteiger partial charge on any atom is -0.386 e. The molecular formula is H2B3LiP. The molecule has 0 saturated carbocycles. The summed E-state index contributed by atoms with van der Waals surface area (Å²) in [5.74, 6) is 0. The first-order valence-corrected chi connectivity index (χ1v) is 1.67. The van der Waals surface area contributed by atoms with Gasteiger partial charge in [-0.2, -0.15) is 0 Å². The molecule has 0 aromatic heterocycles. The SMILES string of the molecule is [B][B][B-]P.[Li+]. The van der Waals surface area contributed by atoms with Crippen LogP contribution in [0.15, 0.2) is 0 Å². The summed E-state index contributed by atoms with van der Waals surface area (Å²) in [5, 5.41) is 0. The third kappa shape index (κ3) is 11.0. The number of hydrogen-bond donors (Lipinski definition) is 0. The predicted octanol–water partition coefficient (Wildman–Crippen LogP) is -3.81. The first-order valence-electron chi connectivity index (χ1n) is 1.00. The third-order valence-corrected chi connectivity index (χ3v) is 0.333. The molecule has 0 aliphatic heterocycles. The van der Waals surface area contributed by atoms with E-state index < -0.39 is 0 Å². The normalized spacial score (nSPS) is 5.00. The molecule has 0 saturated heterocycles. The summed E-state index contributed by atoms with van der Waals surface area (Å²) in [7, 11) is 8.64. The summed E-state index contributed by atoms with van der Waals surface area (Å²) in [6, 6.07) is 0. The molecule has 1 atom stereocenters. The summed E-state index contributed by atoms with van der Waals surface area (Å²) in [6.07, 6.45) is 0. The van der Waals surface area contributed by atoms with Crippen molar-refractivity contribution in [3.05, 3.63) is 0 Å². The third-order valence-electron chi connectivity index (χ3n) is 0.111. The Morgan fingerprint density at radius 1 is 1.80 bits per heavy atom. The average Bonchev–Trinajstić information content (AvgIpc) is 1.37. The number of hydrogen-bond acceptors (Lipinski definition) is 0. The van der Waals surface area contributed by atoms with E-state index >= 15 is 0 Å². The molecule has 0 N–H and O–H groups in total. The second kappa shape index (κ2) is 8.97. The van der Waals surface area contributed by atoms with Gasteiger partial charge in [0.25, 0.3) is 0 Å². The molecule has 0 spiro atoms. The maximum atomic E-state index is 4.83. The van der Waals surface area contributed by atoms with E-state index in [1.807, 2.05) is 0 Å². The van der Waals surface area contributed by atoms with Gasteiger partial charge >= 0.3 is 18.9 Å². The largest absolute Gasteiger partial charge is 1.00 e. The van der Waals surface area contributed by atoms with Crippen molar-refractivity contribution in [2.75, 3.05) is 0 Å². The van der Waals surface area contributed by atoms with E-state index in [1.165, 1.54) is 7.06 Å². The van der Waals surface area contributed by atoms with Gasteiger partial charge in [-0.25, -0.2) is 7.06 Å². The zero-order valence-electron chi connectivity index (χ0n) is 3.31. The van der Waals surface area contributed by atoms with Crippen molar-refractivity contribution >= 4 is 30.8 Å². The molecular weight excluding hydrogens is 70.4 g/mol. The molecule has 1 unspecified atom stereocenters. The molecule has 0 rings (SSSR count). The maximum Gasteiger partial charge on any atom is 1.00 e. The van der Waals surface area contributed by atoms with Crippen LogP contribution in [0.1, 0.15) is 0 Å². The van der Waals surface area contributed by atoms with Crippen LogP contribution < -0.4 is 18.9 Å². The minimum atomic E-state index is 0. The van der Waals surface area contributed by atoms with Crippen LogP contribution in [0.25, 0.3) is 0 Å². The van der Waals surface area contributed by atoms with Crippen molar-refractivity contribution in [1.82, 2.24) is 0 Å². The molecule has 0 fully saturated rings. The van der Waals surface area contributed by atoms with E-state index in [2.05, 4.69) is 9.12 Å². The van der Waals surface area contributed by atoms with Crippen molar-refractivity contribution in [2.45, 2.75) is 0 Å². The average molecular weight is 72.4 g/mol. The molecule has 0 aromatic carbocycles. The first-order chi connectivity index (χ1) is 1.91. The van der Waals surface area contributed by atoms with E-state index in [1.54, 1.807) is 6.89 Å². The maximum absolute atomic E-state index is 4.83. The van der Waals surface area contributed by atoms with Crippen LogP contribution >= 0.6 is 9.12 Å². The van der Waals surface area contributed by atoms with E-state index in [9.17, 15) is 0 Å². The van der Waals surface area contributed by atoms with Gasteiger partial charge in [-0.1, -0.05) is 0 Å². The van der Waals surface area contributed by atoms with E-state index in [-0.39, 0.29) is 18.9 Å². The van der Waals surface area contributed by atoms with Gasteiger partial charge in [0.05, 0.1) is 0 Å². The van der Waals surface area contributed by atoms with Gasteiger partial charge in [-0.15, -0.1) is 0 Å². The minimum absolute atomic E-state index is 0. The summed E-state index contributed by atoms with van der Waals surface area (Å²) in [4.78, 5) is 0.